The highest BCUT2D eigenvalue weighted by Crippen LogP contribution is 2.24. The number of hydrogen-bond acceptors (Lipinski definition) is 3. The van der Waals surface area contributed by atoms with Gasteiger partial charge in [0.25, 0.3) is 0 Å². The van der Waals surface area contributed by atoms with Gasteiger partial charge in [0.15, 0.2) is 0 Å². The van der Waals surface area contributed by atoms with Gasteiger partial charge in [-0.15, -0.1) is 0 Å². The molecule has 0 fully saturated rings. The second kappa shape index (κ2) is 7.25. The average molecular weight is 285 g/mol. The van der Waals surface area contributed by atoms with Gasteiger partial charge in [0.2, 0.25) is 0 Å². The van der Waals surface area contributed by atoms with Crippen LogP contribution in [0.5, 0.6) is 5.75 Å². The summed E-state index contributed by atoms with van der Waals surface area (Å²) in [6.07, 6.45) is 0. The van der Waals surface area contributed by atoms with E-state index in [1.807, 2.05) is 36.4 Å². The summed E-state index contributed by atoms with van der Waals surface area (Å²) in [6, 6.07) is 16.2. The fourth-order valence-corrected chi connectivity index (χ4v) is 2.58. The number of ether oxygens (including phenoxy) is 1. The summed E-state index contributed by atoms with van der Waals surface area (Å²) >= 11 is 0. The molecular formula is C18H23NO2. The lowest BCUT2D eigenvalue weighted by molar-refractivity contribution is 0.235. The minimum Gasteiger partial charge on any atom is -0.497 e. The van der Waals surface area contributed by atoms with Crippen molar-refractivity contribution < 1.29 is 9.84 Å². The molecule has 0 aliphatic rings. The van der Waals surface area contributed by atoms with Gasteiger partial charge in [-0.25, -0.2) is 0 Å². The molecule has 2 aromatic rings. The van der Waals surface area contributed by atoms with Gasteiger partial charge >= 0.3 is 0 Å². The van der Waals surface area contributed by atoms with Gasteiger partial charge in [0.1, 0.15) is 5.75 Å². The maximum Gasteiger partial charge on any atom is 0.119 e. The lowest BCUT2D eigenvalue weighted by Crippen LogP contribution is -2.27. The summed E-state index contributed by atoms with van der Waals surface area (Å²) in [4.78, 5) is 0. The predicted octanol–water partition coefficient (Wildman–Crippen LogP) is 3.39. The van der Waals surface area contributed by atoms with Gasteiger partial charge in [-0.1, -0.05) is 36.4 Å². The lowest BCUT2D eigenvalue weighted by atomic mass is 10.00. The molecule has 2 unspecified atom stereocenters. The van der Waals surface area contributed by atoms with Crippen molar-refractivity contribution in [3.63, 3.8) is 0 Å². The van der Waals surface area contributed by atoms with E-state index in [0.717, 1.165) is 11.3 Å². The Balaban J connectivity index is 2.17. The molecule has 0 spiro atoms. The number of aliphatic hydroxyl groups is 1. The molecule has 0 saturated heterocycles. The zero-order chi connectivity index (χ0) is 15.2. The highest BCUT2D eigenvalue weighted by atomic mass is 16.5. The van der Waals surface area contributed by atoms with E-state index in [-0.39, 0.29) is 18.7 Å². The van der Waals surface area contributed by atoms with Gasteiger partial charge < -0.3 is 15.2 Å². The average Bonchev–Trinajstić information content (AvgIpc) is 2.52. The first-order valence-electron chi connectivity index (χ1n) is 7.22. The topological polar surface area (TPSA) is 41.5 Å². The minimum absolute atomic E-state index is 0.0450. The van der Waals surface area contributed by atoms with Gasteiger partial charge in [-0.05, 0) is 42.7 Å². The largest absolute Gasteiger partial charge is 0.497 e. The third kappa shape index (κ3) is 3.84. The zero-order valence-corrected chi connectivity index (χ0v) is 12.8. The molecule has 3 heteroatoms. The van der Waals surface area contributed by atoms with Crippen molar-refractivity contribution in [1.82, 2.24) is 5.32 Å². The monoisotopic (exact) mass is 285 g/mol. The minimum atomic E-state index is -0.116. The van der Waals surface area contributed by atoms with Crippen molar-refractivity contribution >= 4 is 0 Å². The van der Waals surface area contributed by atoms with Crippen LogP contribution in [0.2, 0.25) is 0 Å². The Morgan fingerprint density at radius 1 is 1.14 bits per heavy atom. The first kappa shape index (κ1) is 15.5. The molecular weight excluding hydrogens is 262 g/mol. The van der Waals surface area contributed by atoms with Crippen LogP contribution in [0.15, 0.2) is 48.5 Å². The number of hydrogen-bond donors (Lipinski definition) is 2. The number of methoxy groups -OCH3 is 1. The van der Waals surface area contributed by atoms with Crippen molar-refractivity contribution in [3.05, 3.63) is 65.2 Å². The summed E-state index contributed by atoms with van der Waals surface area (Å²) < 4.78 is 5.25. The molecule has 0 aliphatic carbocycles. The second-order valence-electron chi connectivity index (χ2n) is 5.26. The molecule has 0 aromatic heterocycles. The number of benzene rings is 2. The van der Waals surface area contributed by atoms with Gasteiger partial charge in [-0.3, -0.25) is 0 Å². The van der Waals surface area contributed by atoms with E-state index >= 15 is 0 Å². The Kier molecular flexibility index (Phi) is 5.37. The molecule has 21 heavy (non-hydrogen) atoms. The highest BCUT2D eigenvalue weighted by Gasteiger charge is 2.16. The van der Waals surface area contributed by atoms with E-state index in [1.165, 1.54) is 11.1 Å². The molecule has 0 aliphatic heterocycles. The van der Waals surface area contributed by atoms with Crippen molar-refractivity contribution in [2.45, 2.75) is 25.9 Å². The van der Waals surface area contributed by atoms with E-state index in [1.54, 1.807) is 7.11 Å². The fourth-order valence-electron chi connectivity index (χ4n) is 2.58. The number of nitrogens with one attached hydrogen (secondary N) is 1. The first-order valence-corrected chi connectivity index (χ1v) is 7.22. The van der Waals surface area contributed by atoms with Crippen LogP contribution in [0, 0.1) is 6.92 Å². The molecule has 0 saturated carbocycles. The summed E-state index contributed by atoms with van der Waals surface area (Å²) in [5.41, 5.74) is 3.52. The maximum atomic E-state index is 9.70. The smallest absolute Gasteiger partial charge is 0.119 e. The van der Waals surface area contributed by atoms with Gasteiger partial charge in [0.05, 0.1) is 19.8 Å². The van der Waals surface area contributed by atoms with E-state index in [2.05, 4.69) is 31.3 Å². The summed E-state index contributed by atoms with van der Waals surface area (Å²) in [7, 11) is 1.65. The molecule has 2 aromatic carbocycles. The molecule has 2 rings (SSSR count). The zero-order valence-electron chi connectivity index (χ0n) is 12.8. The van der Waals surface area contributed by atoms with Crippen molar-refractivity contribution in [3.8, 4) is 5.75 Å². The lowest BCUT2D eigenvalue weighted by Gasteiger charge is -2.24. The standard InChI is InChI=1S/C18H23NO2/c1-13-7-4-5-10-17(13)14(2)19-18(12-20)15-8-6-9-16(11-15)21-3/h4-11,14,18-20H,12H2,1-3H3. The normalized spacial score (nSPS) is 13.7. The first-order chi connectivity index (χ1) is 10.2. The maximum absolute atomic E-state index is 9.70. The molecule has 0 amide bonds. The Morgan fingerprint density at radius 3 is 2.57 bits per heavy atom. The Labute approximate surface area is 126 Å². The highest BCUT2D eigenvalue weighted by molar-refractivity contribution is 5.32. The SMILES string of the molecule is COc1cccc(C(CO)NC(C)c2ccccc2C)c1. The van der Waals surface area contributed by atoms with Crippen molar-refractivity contribution in [2.24, 2.45) is 0 Å². The molecule has 112 valence electrons. The van der Waals surface area contributed by atoms with E-state index in [9.17, 15) is 5.11 Å². The van der Waals surface area contributed by atoms with E-state index < -0.39 is 0 Å². The van der Waals surface area contributed by atoms with Crippen molar-refractivity contribution in [2.75, 3.05) is 13.7 Å². The second-order valence-corrected chi connectivity index (χ2v) is 5.26. The van der Waals surface area contributed by atoms with Crippen LogP contribution < -0.4 is 10.1 Å². The van der Waals surface area contributed by atoms with Crippen LogP contribution >= 0.6 is 0 Å². The van der Waals surface area contributed by atoms with E-state index in [4.69, 9.17) is 4.74 Å². The molecule has 0 bridgehead atoms. The number of aryl methyl sites for hydroxylation is 1. The summed E-state index contributed by atoms with van der Waals surface area (Å²) in [6.45, 7) is 4.27. The van der Waals surface area contributed by atoms with Crippen LogP contribution in [-0.2, 0) is 0 Å². The van der Waals surface area contributed by atoms with Gasteiger partial charge in [-0.2, -0.15) is 0 Å². The third-order valence-electron chi connectivity index (χ3n) is 3.78. The molecule has 2 atom stereocenters. The Bertz CT molecular complexity index is 583. The van der Waals surface area contributed by atoms with Crippen LogP contribution in [-0.4, -0.2) is 18.8 Å². The van der Waals surface area contributed by atoms with E-state index in [0.29, 0.717) is 0 Å². The Hall–Kier alpha value is -1.84. The summed E-state index contributed by atoms with van der Waals surface area (Å²) in [5, 5.41) is 13.2. The van der Waals surface area contributed by atoms with Gasteiger partial charge in [0, 0.05) is 6.04 Å². The molecule has 2 N–H and O–H groups in total. The quantitative estimate of drug-likeness (QED) is 0.855. The van der Waals surface area contributed by atoms with Crippen molar-refractivity contribution in [1.29, 1.82) is 0 Å². The Morgan fingerprint density at radius 2 is 1.90 bits per heavy atom. The molecule has 0 radical (unpaired) electrons. The molecule has 3 nitrogen and oxygen atoms in total. The number of aliphatic hydroxyl groups excluding tert-OH is 1. The van der Waals surface area contributed by atoms with Crippen LogP contribution in [0.25, 0.3) is 0 Å². The van der Waals surface area contributed by atoms with Crippen LogP contribution in [0.4, 0.5) is 0 Å². The third-order valence-corrected chi connectivity index (χ3v) is 3.78. The van der Waals surface area contributed by atoms with Crippen LogP contribution in [0.3, 0.4) is 0 Å². The number of rotatable bonds is 6. The summed E-state index contributed by atoms with van der Waals surface area (Å²) in [5.74, 6) is 0.802. The molecule has 0 heterocycles. The van der Waals surface area contributed by atoms with Crippen LogP contribution in [0.1, 0.15) is 35.7 Å². The predicted molar refractivity (Wildman–Crippen MR) is 85.6 cm³/mol. The fraction of sp³-hybridized carbons (Fsp3) is 0.333.